The van der Waals surface area contributed by atoms with Gasteiger partial charge >= 0.3 is 5.97 Å². The van der Waals surface area contributed by atoms with Crippen LogP contribution in [-0.2, 0) is 14.0 Å². The van der Waals surface area contributed by atoms with Gasteiger partial charge in [-0.15, -0.1) is 0 Å². The van der Waals surface area contributed by atoms with Gasteiger partial charge in [0.15, 0.2) is 8.32 Å². The number of hydrogen-bond acceptors (Lipinski definition) is 4. The molecule has 0 spiro atoms. The summed E-state index contributed by atoms with van der Waals surface area (Å²) in [5, 5.41) is 9.40. The highest BCUT2D eigenvalue weighted by Crippen LogP contribution is 2.37. The van der Waals surface area contributed by atoms with Crippen LogP contribution in [0.25, 0.3) is 0 Å². The second-order valence-corrected chi connectivity index (χ2v) is 15.2. The second-order valence-electron chi connectivity index (χ2n) is 10.4. The summed E-state index contributed by atoms with van der Waals surface area (Å²) in [6.45, 7) is 15.1. The summed E-state index contributed by atoms with van der Waals surface area (Å²) in [4.78, 5) is 11.9. The summed E-state index contributed by atoms with van der Waals surface area (Å²) >= 11 is 0. The summed E-state index contributed by atoms with van der Waals surface area (Å²) in [5.41, 5.74) is 0. The minimum Gasteiger partial charge on any atom is -0.466 e. The number of aliphatic hydroxyl groups excluding tert-OH is 1. The molecule has 0 rings (SSSR count). The molecule has 0 aromatic heterocycles. The van der Waals surface area contributed by atoms with Crippen LogP contribution in [0, 0.1) is 5.92 Å². The van der Waals surface area contributed by atoms with Crippen LogP contribution in [0.3, 0.4) is 0 Å². The van der Waals surface area contributed by atoms with Gasteiger partial charge in [0.1, 0.15) is 0 Å². The maximum absolute atomic E-state index is 11.9. The first-order valence-corrected chi connectivity index (χ1v) is 15.4. The highest BCUT2D eigenvalue weighted by molar-refractivity contribution is 6.74. The van der Waals surface area contributed by atoms with Crippen molar-refractivity contribution in [3.8, 4) is 0 Å². The lowest BCUT2D eigenvalue weighted by Gasteiger charge is -2.37. The summed E-state index contributed by atoms with van der Waals surface area (Å²) < 4.78 is 11.8. The largest absolute Gasteiger partial charge is 0.466 e. The molecule has 0 aliphatic heterocycles. The zero-order chi connectivity index (χ0) is 22.9. The molecule has 0 radical (unpaired) electrons. The molecule has 1 N–H and O–H groups in total. The number of carbonyl (C=O) groups excluding carboxylic acids is 1. The molecule has 180 valence electrons. The van der Waals surface area contributed by atoms with Crippen molar-refractivity contribution in [1.82, 2.24) is 0 Å². The van der Waals surface area contributed by atoms with Crippen LogP contribution in [0.5, 0.6) is 0 Å². The van der Waals surface area contributed by atoms with Crippen molar-refractivity contribution in [1.29, 1.82) is 0 Å². The van der Waals surface area contributed by atoms with Gasteiger partial charge < -0.3 is 14.3 Å². The molecule has 0 aromatic carbocycles. The van der Waals surface area contributed by atoms with Gasteiger partial charge in [-0.1, -0.05) is 72.6 Å². The molecule has 0 fully saturated rings. The Morgan fingerprint density at radius 3 is 2.03 bits per heavy atom. The van der Waals surface area contributed by atoms with Crippen molar-refractivity contribution < 1.29 is 19.1 Å². The van der Waals surface area contributed by atoms with Gasteiger partial charge in [-0.3, -0.25) is 4.79 Å². The molecule has 4 nitrogen and oxygen atoms in total. The van der Waals surface area contributed by atoms with Crippen LogP contribution in [0.4, 0.5) is 0 Å². The van der Waals surface area contributed by atoms with Crippen LogP contribution in [0.2, 0.25) is 18.1 Å². The minimum absolute atomic E-state index is 0.0505. The zero-order valence-electron chi connectivity index (χ0n) is 21.1. The fourth-order valence-corrected chi connectivity index (χ4v) is 4.35. The standard InChI is InChI=1S/C25H52O4Si/c1-7-8-9-10-11-12-13-14-19-24(27)28-21-16-18-23(17-15-20-26)22-29-30(5,6)25(2,3)4/h23,26H,7-22H2,1-6H3. The van der Waals surface area contributed by atoms with Crippen molar-refractivity contribution in [3.05, 3.63) is 0 Å². The highest BCUT2D eigenvalue weighted by Gasteiger charge is 2.37. The average molecular weight is 445 g/mol. The molecule has 0 heterocycles. The van der Waals surface area contributed by atoms with Crippen molar-refractivity contribution >= 4 is 14.3 Å². The summed E-state index contributed by atoms with van der Waals surface area (Å²) in [6, 6.07) is 0. The van der Waals surface area contributed by atoms with E-state index in [2.05, 4.69) is 40.8 Å². The van der Waals surface area contributed by atoms with E-state index in [0.717, 1.165) is 45.1 Å². The Bertz CT molecular complexity index is 418. The SMILES string of the molecule is CCCCCCCCCCC(=O)OCCCC(CCCO)CO[Si](C)(C)C(C)(C)C. The van der Waals surface area contributed by atoms with Crippen molar-refractivity contribution in [2.45, 2.75) is 129 Å². The number of aliphatic hydroxyl groups is 1. The van der Waals surface area contributed by atoms with E-state index in [4.69, 9.17) is 9.16 Å². The number of carbonyl (C=O) groups is 1. The van der Waals surface area contributed by atoms with E-state index in [1.54, 1.807) is 0 Å². The van der Waals surface area contributed by atoms with Crippen LogP contribution >= 0.6 is 0 Å². The van der Waals surface area contributed by atoms with Crippen molar-refractivity contribution in [3.63, 3.8) is 0 Å². The second kappa shape index (κ2) is 17.2. The zero-order valence-corrected chi connectivity index (χ0v) is 22.1. The Morgan fingerprint density at radius 1 is 0.900 bits per heavy atom. The van der Waals surface area contributed by atoms with Gasteiger partial charge in [-0.2, -0.15) is 0 Å². The van der Waals surface area contributed by atoms with E-state index in [-0.39, 0.29) is 17.6 Å². The molecule has 0 aliphatic rings. The Kier molecular flexibility index (Phi) is 17.0. The van der Waals surface area contributed by atoms with Crippen LogP contribution in [0.15, 0.2) is 0 Å². The Balaban J connectivity index is 3.95. The Labute approximate surface area is 188 Å². The van der Waals surface area contributed by atoms with Crippen LogP contribution < -0.4 is 0 Å². The first-order chi connectivity index (χ1) is 14.1. The topological polar surface area (TPSA) is 55.8 Å². The van der Waals surface area contributed by atoms with Gasteiger partial charge in [0.05, 0.1) is 6.61 Å². The van der Waals surface area contributed by atoms with Crippen molar-refractivity contribution in [2.24, 2.45) is 5.92 Å². The third-order valence-corrected chi connectivity index (χ3v) is 11.0. The molecule has 0 saturated heterocycles. The number of hydrogen-bond donors (Lipinski definition) is 1. The molecule has 0 amide bonds. The number of esters is 1. The quantitative estimate of drug-likeness (QED) is 0.129. The van der Waals surface area contributed by atoms with E-state index < -0.39 is 8.32 Å². The third-order valence-electron chi connectivity index (χ3n) is 6.51. The molecule has 0 bridgehead atoms. The first kappa shape index (κ1) is 29.6. The molecule has 0 aliphatic carbocycles. The maximum atomic E-state index is 11.9. The van der Waals surface area contributed by atoms with E-state index in [9.17, 15) is 9.90 Å². The predicted octanol–water partition coefficient (Wildman–Crippen LogP) is 7.25. The molecule has 1 unspecified atom stereocenters. The number of rotatable bonds is 19. The lowest BCUT2D eigenvalue weighted by atomic mass is 9.99. The molecule has 0 aromatic rings. The van der Waals surface area contributed by atoms with Crippen LogP contribution in [0.1, 0.15) is 111 Å². The minimum atomic E-state index is -1.75. The number of ether oxygens (including phenoxy) is 1. The lowest BCUT2D eigenvalue weighted by molar-refractivity contribution is -0.144. The fourth-order valence-electron chi connectivity index (χ4n) is 3.27. The highest BCUT2D eigenvalue weighted by atomic mass is 28.4. The summed E-state index contributed by atoms with van der Waals surface area (Å²) in [5.74, 6) is 0.378. The first-order valence-electron chi connectivity index (χ1n) is 12.5. The Hall–Kier alpha value is -0.393. The smallest absolute Gasteiger partial charge is 0.305 e. The molecule has 30 heavy (non-hydrogen) atoms. The predicted molar refractivity (Wildman–Crippen MR) is 130 cm³/mol. The molecular weight excluding hydrogens is 392 g/mol. The van der Waals surface area contributed by atoms with Crippen LogP contribution in [-0.4, -0.2) is 39.2 Å². The molecular formula is C25H52O4Si. The molecule has 5 heteroatoms. The number of unbranched alkanes of at least 4 members (excludes halogenated alkanes) is 7. The maximum Gasteiger partial charge on any atom is 0.305 e. The monoisotopic (exact) mass is 444 g/mol. The normalized spacial score (nSPS) is 13.4. The summed E-state index contributed by atoms with van der Waals surface area (Å²) in [6.07, 6.45) is 14.1. The Morgan fingerprint density at radius 2 is 1.47 bits per heavy atom. The van der Waals surface area contributed by atoms with Gasteiger partial charge in [0, 0.05) is 19.6 Å². The van der Waals surface area contributed by atoms with E-state index in [0.29, 0.717) is 18.9 Å². The van der Waals surface area contributed by atoms with Crippen molar-refractivity contribution in [2.75, 3.05) is 19.8 Å². The van der Waals surface area contributed by atoms with Gasteiger partial charge in [-0.05, 0) is 56.2 Å². The summed E-state index contributed by atoms with van der Waals surface area (Å²) in [7, 11) is -1.75. The van der Waals surface area contributed by atoms with Gasteiger partial charge in [0.25, 0.3) is 0 Å². The lowest BCUT2D eigenvalue weighted by Crippen LogP contribution is -2.42. The van der Waals surface area contributed by atoms with E-state index in [1.807, 2.05) is 0 Å². The van der Waals surface area contributed by atoms with Gasteiger partial charge in [-0.25, -0.2) is 0 Å². The third kappa shape index (κ3) is 15.4. The average Bonchev–Trinajstić information content (AvgIpc) is 2.67. The molecule has 0 saturated carbocycles. The fraction of sp³-hybridized carbons (Fsp3) is 0.960. The van der Waals surface area contributed by atoms with E-state index >= 15 is 0 Å². The molecule has 1 atom stereocenters. The van der Waals surface area contributed by atoms with E-state index in [1.165, 1.54) is 38.5 Å². The van der Waals surface area contributed by atoms with Gasteiger partial charge in [0.2, 0.25) is 0 Å².